The third-order valence-corrected chi connectivity index (χ3v) is 0.677. The minimum absolute atomic E-state index is 0. The zero-order valence-corrected chi connectivity index (χ0v) is 8.06. The summed E-state index contributed by atoms with van der Waals surface area (Å²) in [5.74, 6) is 0. The molecule has 0 fully saturated rings. The van der Waals surface area contributed by atoms with E-state index in [9.17, 15) is 0 Å². The molecule has 0 aliphatic rings. The summed E-state index contributed by atoms with van der Waals surface area (Å²) in [6.07, 6.45) is 1.93. The molecular weight excluding hydrogens is 182 g/mol. The Kier molecular flexibility index (Phi) is 11.2. The van der Waals surface area contributed by atoms with Gasteiger partial charge in [0, 0.05) is 0 Å². The third kappa shape index (κ3) is 17.9. The lowest BCUT2D eigenvalue weighted by Gasteiger charge is -2.21. The maximum atomic E-state index is 3.63. The molecule has 0 aromatic rings. The zero-order chi connectivity index (χ0) is 5.91. The van der Waals surface area contributed by atoms with Crippen molar-refractivity contribution in [3.63, 3.8) is 0 Å². The number of rotatable bonds is 2. The molecule has 58 valence electrons. The van der Waals surface area contributed by atoms with Gasteiger partial charge in [-0.3, -0.25) is 0 Å². The fourth-order valence-corrected chi connectivity index (χ4v) is 0.387. The molecular formula is C6H17BrNO+. The minimum Gasteiger partial charge on any atom is -0.412 e. The molecule has 0 saturated heterocycles. The molecule has 0 heterocycles. The first-order valence-corrected chi connectivity index (χ1v) is 2.47. The smallest absolute Gasteiger partial charge is 0.0964 e. The van der Waals surface area contributed by atoms with Gasteiger partial charge in [0.25, 0.3) is 0 Å². The van der Waals surface area contributed by atoms with E-state index < -0.39 is 0 Å². The molecule has 0 unspecified atom stereocenters. The van der Waals surface area contributed by atoms with Gasteiger partial charge in [0.2, 0.25) is 0 Å². The average Bonchev–Trinajstić information content (AvgIpc) is 1.30. The van der Waals surface area contributed by atoms with Gasteiger partial charge in [-0.05, 0) is 6.08 Å². The Labute approximate surface area is 67.8 Å². The summed E-state index contributed by atoms with van der Waals surface area (Å²) in [5.41, 5.74) is 0. The van der Waals surface area contributed by atoms with Crippen LogP contribution in [-0.2, 0) is 0 Å². The summed E-state index contributed by atoms with van der Waals surface area (Å²) in [4.78, 5) is 0. The van der Waals surface area contributed by atoms with Gasteiger partial charge in [0.05, 0.1) is 27.7 Å². The Morgan fingerprint density at radius 2 is 1.67 bits per heavy atom. The molecule has 9 heavy (non-hydrogen) atoms. The molecule has 2 N–H and O–H groups in total. The van der Waals surface area contributed by atoms with Gasteiger partial charge < -0.3 is 9.96 Å². The highest BCUT2D eigenvalue weighted by Gasteiger charge is 1.99. The van der Waals surface area contributed by atoms with Crippen molar-refractivity contribution in [2.24, 2.45) is 0 Å². The quantitative estimate of drug-likeness (QED) is 0.461. The molecule has 0 atom stereocenters. The standard InChI is InChI=1S/C6H14N.BrH.H2O/c1-5-6-7(2,3)4;;/h5H,1,6H2,2-4H3;1H;1H2/q+1;;. The highest BCUT2D eigenvalue weighted by molar-refractivity contribution is 8.93. The predicted octanol–water partition coefficient (Wildman–Crippen LogP) is 0.632. The molecule has 0 radical (unpaired) electrons. The molecule has 0 aliphatic carbocycles. The van der Waals surface area contributed by atoms with Crippen LogP contribution < -0.4 is 0 Å². The van der Waals surface area contributed by atoms with E-state index in [2.05, 4.69) is 27.7 Å². The second-order valence-electron chi connectivity index (χ2n) is 2.76. The third-order valence-electron chi connectivity index (χ3n) is 0.677. The molecule has 0 aromatic heterocycles. The van der Waals surface area contributed by atoms with Crippen molar-refractivity contribution in [1.29, 1.82) is 0 Å². The van der Waals surface area contributed by atoms with Crippen LogP contribution in [0.5, 0.6) is 0 Å². The van der Waals surface area contributed by atoms with Crippen LogP contribution in [0, 0.1) is 0 Å². The Balaban J connectivity index is -0.000000180. The van der Waals surface area contributed by atoms with Crippen molar-refractivity contribution >= 4 is 17.0 Å². The minimum atomic E-state index is 0. The largest absolute Gasteiger partial charge is 0.412 e. The Hall–Kier alpha value is 0.140. The van der Waals surface area contributed by atoms with Gasteiger partial charge in [-0.25, -0.2) is 0 Å². The number of nitrogens with zero attached hydrogens (tertiary/aromatic N) is 1. The van der Waals surface area contributed by atoms with Gasteiger partial charge >= 0.3 is 0 Å². The van der Waals surface area contributed by atoms with Gasteiger partial charge in [0.15, 0.2) is 0 Å². The second-order valence-corrected chi connectivity index (χ2v) is 2.76. The van der Waals surface area contributed by atoms with Crippen molar-refractivity contribution in [1.82, 2.24) is 0 Å². The first kappa shape index (κ1) is 16.1. The van der Waals surface area contributed by atoms with Crippen molar-refractivity contribution in [3.05, 3.63) is 12.7 Å². The first-order valence-electron chi connectivity index (χ1n) is 2.47. The lowest BCUT2D eigenvalue weighted by molar-refractivity contribution is -0.864. The van der Waals surface area contributed by atoms with E-state index >= 15 is 0 Å². The van der Waals surface area contributed by atoms with Crippen LogP contribution in [0.15, 0.2) is 12.7 Å². The van der Waals surface area contributed by atoms with E-state index in [1.165, 1.54) is 0 Å². The Morgan fingerprint density at radius 3 is 1.67 bits per heavy atom. The van der Waals surface area contributed by atoms with Crippen LogP contribution in [-0.4, -0.2) is 37.6 Å². The molecule has 0 rings (SSSR count). The molecule has 3 heteroatoms. The monoisotopic (exact) mass is 198 g/mol. The predicted molar refractivity (Wildman–Crippen MR) is 47.0 cm³/mol. The van der Waals surface area contributed by atoms with Crippen molar-refractivity contribution in [2.45, 2.75) is 0 Å². The van der Waals surface area contributed by atoms with E-state index in [1.807, 2.05) is 6.08 Å². The number of hydrogen-bond donors (Lipinski definition) is 0. The van der Waals surface area contributed by atoms with Crippen molar-refractivity contribution < 1.29 is 9.96 Å². The molecule has 0 saturated carbocycles. The normalized spacial score (nSPS) is 8.78. The number of hydrogen-bond acceptors (Lipinski definition) is 0. The Morgan fingerprint density at radius 1 is 1.33 bits per heavy atom. The van der Waals surface area contributed by atoms with Crippen LogP contribution in [0.1, 0.15) is 0 Å². The summed E-state index contributed by atoms with van der Waals surface area (Å²) in [6, 6.07) is 0. The highest BCUT2D eigenvalue weighted by Crippen LogP contribution is 1.86. The molecule has 0 spiro atoms. The molecule has 0 amide bonds. The molecule has 0 aliphatic heterocycles. The van der Waals surface area contributed by atoms with E-state index in [1.54, 1.807) is 0 Å². The summed E-state index contributed by atoms with van der Waals surface area (Å²) in [5, 5.41) is 0. The number of halogens is 1. The van der Waals surface area contributed by atoms with Gasteiger partial charge in [0.1, 0.15) is 0 Å². The van der Waals surface area contributed by atoms with E-state index in [-0.39, 0.29) is 22.5 Å². The van der Waals surface area contributed by atoms with Crippen LogP contribution in [0.25, 0.3) is 0 Å². The topological polar surface area (TPSA) is 31.5 Å². The maximum absolute atomic E-state index is 3.63. The van der Waals surface area contributed by atoms with Gasteiger partial charge in [-0.15, -0.1) is 17.0 Å². The van der Waals surface area contributed by atoms with Crippen LogP contribution in [0.4, 0.5) is 0 Å². The second kappa shape index (κ2) is 6.26. The lowest BCUT2D eigenvalue weighted by atomic mass is 10.5. The maximum Gasteiger partial charge on any atom is 0.0964 e. The zero-order valence-electron chi connectivity index (χ0n) is 6.35. The SMILES string of the molecule is Br.C=CC[N+](C)(C)C.O. The van der Waals surface area contributed by atoms with Crippen LogP contribution in [0.3, 0.4) is 0 Å². The Bertz CT molecular complexity index is 67.9. The fourth-order valence-electron chi connectivity index (χ4n) is 0.387. The van der Waals surface area contributed by atoms with E-state index in [0.29, 0.717) is 0 Å². The van der Waals surface area contributed by atoms with Gasteiger partial charge in [-0.2, -0.15) is 0 Å². The summed E-state index contributed by atoms with van der Waals surface area (Å²) in [7, 11) is 6.42. The highest BCUT2D eigenvalue weighted by atomic mass is 79.9. The fraction of sp³-hybridized carbons (Fsp3) is 0.667. The molecule has 0 aromatic carbocycles. The van der Waals surface area contributed by atoms with Crippen LogP contribution in [0.2, 0.25) is 0 Å². The van der Waals surface area contributed by atoms with Crippen molar-refractivity contribution in [3.8, 4) is 0 Å². The average molecular weight is 199 g/mol. The number of likely N-dealkylation sites (N-methyl/N-ethyl adjacent to an activating group) is 1. The van der Waals surface area contributed by atoms with Crippen LogP contribution >= 0.6 is 17.0 Å². The summed E-state index contributed by atoms with van der Waals surface area (Å²) < 4.78 is 0.976. The summed E-state index contributed by atoms with van der Waals surface area (Å²) >= 11 is 0. The number of quaternary nitrogens is 1. The van der Waals surface area contributed by atoms with E-state index in [4.69, 9.17) is 0 Å². The molecule has 0 bridgehead atoms. The van der Waals surface area contributed by atoms with Crippen molar-refractivity contribution in [2.75, 3.05) is 27.7 Å². The summed E-state index contributed by atoms with van der Waals surface area (Å²) in [6.45, 7) is 4.67. The first-order chi connectivity index (χ1) is 3.06. The van der Waals surface area contributed by atoms with Gasteiger partial charge in [-0.1, -0.05) is 6.58 Å². The van der Waals surface area contributed by atoms with E-state index in [0.717, 1.165) is 11.0 Å². The molecule has 2 nitrogen and oxygen atoms in total. The lowest BCUT2D eigenvalue weighted by Crippen LogP contribution is -2.33.